The molecule has 31 heavy (non-hydrogen) atoms. The van der Waals surface area contributed by atoms with Gasteiger partial charge in [0, 0.05) is 50.4 Å². The Balaban J connectivity index is 1.50. The van der Waals surface area contributed by atoms with E-state index in [0.29, 0.717) is 60.9 Å². The molecule has 0 atom stereocenters. The molecule has 9 nitrogen and oxygen atoms in total. The maximum absolute atomic E-state index is 8.58. The lowest BCUT2D eigenvalue weighted by molar-refractivity contribution is 0.355. The van der Waals surface area contributed by atoms with Crippen LogP contribution >= 0.6 is 0 Å². The number of benzene rings is 2. The molecule has 3 aromatic rings. The zero-order valence-corrected chi connectivity index (χ0v) is 18.0. The Morgan fingerprint density at radius 3 is 2.29 bits per heavy atom. The highest BCUT2D eigenvalue weighted by molar-refractivity contribution is 5.93. The Morgan fingerprint density at radius 1 is 1.00 bits per heavy atom. The van der Waals surface area contributed by atoms with Gasteiger partial charge in [0.15, 0.2) is 17.5 Å². The number of nitrogens with zero attached hydrogens (tertiary/aromatic N) is 5. The molecule has 3 N–H and O–H groups in total. The van der Waals surface area contributed by atoms with E-state index in [4.69, 9.17) is 25.6 Å². The molecule has 1 saturated heterocycles. The Morgan fingerprint density at radius 2 is 1.65 bits per heavy atom. The second-order valence-electron chi connectivity index (χ2n) is 7.33. The van der Waals surface area contributed by atoms with Crippen molar-refractivity contribution < 1.29 is 9.47 Å². The van der Waals surface area contributed by atoms with Crippen LogP contribution in [0.4, 0.5) is 17.5 Å². The van der Waals surface area contributed by atoms with E-state index in [0.717, 1.165) is 11.1 Å². The van der Waals surface area contributed by atoms with Crippen molar-refractivity contribution in [3.8, 4) is 11.5 Å². The van der Waals surface area contributed by atoms with Crippen LogP contribution in [0.25, 0.3) is 10.9 Å². The van der Waals surface area contributed by atoms with E-state index in [-0.39, 0.29) is 0 Å². The van der Waals surface area contributed by atoms with Crippen LogP contribution in [0.15, 0.2) is 42.5 Å². The van der Waals surface area contributed by atoms with Gasteiger partial charge in [-0.1, -0.05) is 18.2 Å². The number of piperazine rings is 1. The number of guanidine groups is 1. The quantitative estimate of drug-likeness (QED) is 0.489. The Kier molecular flexibility index (Phi) is 5.66. The first kappa shape index (κ1) is 20.5. The molecule has 0 aliphatic carbocycles. The summed E-state index contributed by atoms with van der Waals surface area (Å²) in [6, 6.07) is 13.5. The molecule has 0 bridgehead atoms. The summed E-state index contributed by atoms with van der Waals surface area (Å²) in [4.78, 5) is 15.3. The number of nitrogen functional groups attached to an aromatic ring is 1. The Hall–Kier alpha value is -3.75. The molecule has 162 valence electrons. The fourth-order valence-electron chi connectivity index (χ4n) is 3.71. The fraction of sp³-hybridized carbons (Fsp3) is 0.318. The van der Waals surface area contributed by atoms with Crippen molar-refractivity contribution in [2.24, 2.45) is 0 Å². The second kappa shape index (κ2) is 8.55. The summed E-state index contributed by atoms with van der Waals surface area (Å²) in [5, 5.41) is 9.31. The molecule has 0 amide bonds. The highest BCUT2D eigenvalue weighted by Gasteiger charge is 2.24. The average Bonchev–Trinajstić information content (AvgIpc) is 2.82. The summed E-state index contributed by atoms with van der Waals surface area (Å²) >= 11 is 0. The Bertz CT molecular complexity index is 1080. The number of nitrogens with one attached hydrogen (secondary N) is 1. The van der Waals surface area contributed by atoms with Crippen molar-refractivity contribution in [1.82, 2.24) is 14.9 Å². The smallest absolute Gasteiger partial charge is 0.228 e. The standard InChI is InChI=1S/C22H27N7O2/c1-27(15-7-5-4-6-8-15)21(24)28-9-11-29(12-10-28)22-25-17-14-19(31-3)18(30-2)13-16(17)20(23)26-22/h4-8,13-14,24H,9-12H2,1-3H3,(H2,23,25,26). The Labute approximate surface area is 181 Å². The molecular formula is C22H27N7O2. The lowest BCUT2D eigenvalue weighted by atomic mass is 10.2. The topological polar surface area (TPSA) is 104 Å². The molecular weight excluding hydrogens is 394 g/mol. The van der Waals surface area contributed by atoms with E-state index in [1.807, 2.05) is 48.3 Å². The van der Waals surface area contributed by atoms with Gasteiger partial charge in [0.25, 0.3) is 0 Å². The number of aromatic nitrogens is 2. The number of anilines is 3. The lowest BCUT2D eigenvalue weighted by Crippen LogP contribution is -2.53. The molecule has 1 aliphatic rings. The molecule has 0 spiro atoms. The molecule has 0 saturated carbocycles. The summed E-state index contributed by atoms with van der Waals surface area (Å²) in [5.41, 5.74) is 7.93. The third-order valence-electron chi connectivity index (χ3n) is 5.54. The van der Waals surface area contributed by atoms with Gasteiger partial charge in [0.05, 0.1) is 19.7 Å². The molecule has 2 heterocycles. The molecule has 1 aliphatic heterocycles. The van der Waals surface area contributed by atoms with Crippen molar-refractivity contribution in [2.75, 3.05) is 63.0 Å². The minimum absolute atomic E-state index is 0.403. The summed E-state index contributed by atoms with van der Waals surface area (Å²) in [7, 11) is 5.09. The predicted molar refractivity (Wildman–Crippen MR) is 123 cm³/mol. The molecule has 2 aromatic carbocycles. The lowest BCUT2D eigenvalue weighted by Gasteiger charge is -2.38. The largest absolute Gasteiger partial charge is 0.493 e. The van der Waals surface area contributed by atoms with Gasteiger partial charge >= 0.3 is 0 Å². The van der Waals surface area contributed by atoms with Gasteiger partial charge in [0.2, 0.25) is 5.95 Å². The monoisotopic (exact) mass is 421 g/mol. The molecule has 1 aromatic heterocycles. The summed E-state index contributed by atoms with van der Waals surface area (Å²) < 4.78 is 10.7. The van der Waals surface area contributed by atoms with Crippen LogP contribution in [0, 0.1) is 5.41 Å². The summed E-state index contributed by atoms with van der Waals surface area (Å²) in [6.45, 7) is 2.79. The van der Waals surface area contributed by atoms with Gasteiger partial charge in [-0.25, -0.2) is 4.98 Å². The molecule has 1 fully saturated rings. The molecule has 9 heteroatoms. The number of hydrogen-bond acceptors (Lipinski definition) is 7. The van der Waals surface area contributed by atoms with Gasteiger partial charge in [0.1, 0.15) is 5.82 Å². The highest BCUT2D eigenvalue weighted by atomic mass is 16.5. The number of para-hydroxylation sites is 1. The van der Waals surface area contributed by atoms with Gasteiger partial charge in [-0.3, -0.25) is 5.41 Å². The number of ether oxygens (including phenoxy) is 2. The van der Waals surface area contributed by atoms with Gasteiger partial charge in [-0.05, 0) is 18.2 Å². The van der Waals surface area contributed by atoms with Crippen LogP contribution in [0.5, 0.6) is 11.5 Å². The van der Waals surface area contributed by atoms with Crippen LogP contribution in [0.3, 0.4) is 0 Å². The van der Waals surface area contributed by atoms with Gasteiger partial charge in [-0.15, -0.1) is 0 Å². The zero-order valence-electron chi connectivity index (χ0n) is 18.0. The number of methoxy groups -OCH3 is 2. The second-order valence-corrected chi connectivity index (χ2v) is 7.33. The summed E-state index contributed by atoms with van der Waals surface area (Å²) in [5.74, 6) is 2.65. The first-order chi connectivity index (χ1) is 15.0. The van der Waals surface area contributed by atoms with Gasteiger partial charge in [-0.2, -0.15) is 4.98 Å². The van der Waals surface area contributed by atoms with Crippen molar-refractivity contribution in [1.29, 1.82) is 5.41 Å². The van der Waals surface area contributed by atoms with Crippen LogP contribution in [-0.2, 0) is 0 Å². The minimum Gasteiger partial charge on any atom is -0.493 e. The number of nitrogens with two attached hydrogens (primary N) is 1. The third-order valence-corrected chi connectivity index (χ3v) is 5.54. The number of fused-ring (bicyclic) bond motifs is 1. The molecule has 0 radical (unpaired) electrons. The average molecular weight is 422 g/mol. The van der Waals surface area contributed by atoms with E-state index in [1.54, 1.807) is 20.3 Å². The maximum atomic E-state index is 8.58. The van der Waals surface area contributed by atoms with Crippen LogP contribution < -0.4 is 25.0 Å². The third kappa shape index (κ3) is 3.98. The van der Waals surface area contributed by atoms with Crippen LogP contribution in [0.1, 0.15) is 0 Å². The fourth-order valence-corrected chi connectivity index (χ4v) is 3.71. The van der Waals surface area contributed by atoms with Crippen LogP contribution in [0.2, 0.25) is 0 Å². The molecule has 0 unspecified atom stereocenters. The zero-order chi connectivity index (χ0) is 22.0. The van der Waals surface area contributed by atoms with Gasteiger partial charge < -0.3 is 29.9 Å². The van der Waals surface area contributed by atoms with E-state index >= 15 is 0 Å². The number of hydrogen-bond donors (Lipinski definition) is 2. The summed E-state index contributed by atoms with van der Waals surface area (Å²) in [6.07, 6.45) is 0. The van der Waals surface area contributed by atoms with E-state index in [2.05, 4.69) is 14.8 Å². The number of rotatable bonds is 4. The first-order valence-corrected chi connectivity index (χ1v) is 10.1. The first-order valence-electron chi connectivity index (χ1n) is 10.1. The van der Waals surface area contributed by atoms with Crippen LogP contribution in [-0.4, -0.2) is 68.3 Å². The van der Waals surface area contributed by atoms with Crippen molar-refractivity contribution >= 4 is 34.3 Å². The van der Waals surface area contributed by atoms with E-state index in [9.17, 15) is 0 Å². The highest BCUT2D eigenvalue weighted by Crippen LogP contribution is 2.34. The van der Waals surface area contributed by atoms with Crippen molar-refractivity contribution in [3.05, 3.63) is 42.5 Å². The SMILES string of the molecule is COc1cc2nc(N3CCN(C(=N)N(C)c4ccccc4)CC3)nc(N)c2cc1OC. The van der Waals surface area contributed by atoms with Crippen molar-refractivity contribution in [2.45, 2.75) is 0 Å². The predicted octanol–water partition coefficient (Wildman–Crippen LogP) is 2.42. The van der Waals surface area contributed by atoms with E-state index < -0.39 is 0 Å². The minimum atomic E-state index is 0.403. The normalized spacial score (nSPS) is 13.9. The molecule has 4 rings (SSSR count). The maximum Gasteiger partial charge on any atom is 0.228 e. The van der Waals surface area contributed by atoms with Crippen molar-refractivity contribution in [3.63, 3.8) is 0 Å². The van der Waals surface area contributed by atoms with E-state index in [1.165, 1.54) is 0 Å².